The second-order valence-corrected chi connectivity index (χ2v) is 7.22. The van der Waals surface area contributed by atoms with Gasteiger partial charge in [0.25, 0.3) is 0 Å². The van der Waals surface area contributed by atoms with Crippen LogP contribution in [-0.2, 0) is 6.54 Å². The molecule has 29 heavy (non-hydrogen) atoms. The molecule has 4 rings (SSSR count). The first-order chi connectivity index (χ1) is 14.2. The first-order valence-electron chi connectivity index (χ1n) is 9.84. The molecule has 0 unspecified atom stereocenters. The summed E-state index contributed by atoms with van der Waals surface area (Å²) in [5.41, 5.74) is 2.90. The Balaban J connectivity index is 1.40. The van der Waals surface area contributed by atoms with Crippen LogP contribution in [0, 0.1) is 18.3 Å². The molecule has 2 aromatic carbocycles. The van der Waals surface area contributed by atoms with Crippen LogP contribution in [-0.4, -0.2) is 41.0 Å². The molecule has 0 radical (unpaired) electrons. The highest BCUT2D eigenvalue weighted by atomic mass is 15.3. The van der Waals surface area contributed by atoms with Gasteiger partial charge in [0, 0.05) is 44.5 Å². The molecule has 1 saturated heterocycles. The van der Waals surface area contributed by atoms with Crippen molar-refractivity contribution >= 4 is 17.3 Å². The minimum Gasteiger partial charge on any atom is -0.354 e. The number of piperazine rings is 1. The van der Waals surface area contributed by atoms with E-state index in [1.807, 2.05) is 25.1 Å². The third-order valence-electron chi connectivity index (χ3n) is 5.06. The van der Waals surface area contributed by atoms with E-state index in [9.17, 15) is 0 Å². The van der Waals surface area contributed by atoms with E-state index in [4.69, 9.17) is 5.26 Å². The molecule has 0 saturated carbocycles. The minimum atomic E-state index is 0.642. The van der Waals surface area contributed by atoms with Crippen molar-refractivity contribution in [1.82, 2.24) is 14.9 Å². The van der Waals surface area contributed by atoms with E-state index in [1.54, 1.807) is 12.1 Å². The topological polar surface area (TPSA) is 68.1 Å². The molecule has 2 heterocycles. The molecule has 6 heteroatoms. The summed E-state index contributed by atoms with van der Waals surface area (Å²) in [5, 5.41) is 12.3. The van der Waals surface area contributed by atoms with Crippen LogP contribution in [0.3, 0.4) is 0 Å². The Hall–Kier alpha value is -3.43. The molecule has 3 aromatic rings. The number of nitriles is 1. The number of hydrogen-bond acceptors (Lipinski definition) is 6. The zero-order chi connectivity index (χ0) is 20.1. The standard InChI is InChI=1S/C23H24N6/c1-18-25-22(27-21-9-7-19(16-24)8-10-21)15-23(26-18)29-13-11-28(12-14-29)17-20-5-3-2-4-6-20/h2-10,15H,11-14,17H2,1H3,(H,25,26,27). The van der Waals surface area contributed by atoms with Crippen molar-refractivity contribution < 1.29 is 0 Å². The van der Waals surface area contributed by atoms with Crippen molar-refractivity contribution in [2.24, 2.45) is 0 Å². The van der Waals surface area contributed by atoms with Crippen LogP contribution in [0.5, 0.6) is 0 Å². The second-order valence-electron chi connectivity index (χ2n) is 7.22. The molecule has 0 bridgehead atoms. The third-order valence-corrected chi connectivity index (χ3v) is 5.06. The number of nitrogens with zero attached hydrogens (tertiary/aromatic N) is 5. The highest BCUT2D eigenvalue weighted by molar-refractivity contribution is 5.60. The summed E-state index contributed by atoms with van der Waals surface area (Å²) < 4.78 is 0. The van der Waals surface area contributed by atoms with Gasteiger partial charge >= 0.3 is 0 Å². The van der Waals surface area contributed by atoms with E-state index in [2.05, 4.69) is 61.5 Å². The van der Waals surface area contributed by atoms with E-state index >= 15 is 0 Å². The van der Waals surface area contributed by atoms with Crippen LogP contribution >= 0.6 is 0 Å². The summed E-state index contributed by atoms with van der Waals surface area (Å²) in [7, 11) is 0. The molecule has 1 aliphatic rings. The van der Waals surface area contributed by atoms with Gasteiger partial charge in [0.2, 0.25) is 0 Å². The lowest BCUT2D eigenvalue weighted by Crippen LogP contribution is -2.46. The van der Waals surface area contributed by atoms with E-state index in [-0.39, 0.29) is 0 Å². The van der Waals surface area contributed by atoms with Gasteiger partial charge in [-0.3, -0.25) is 4.90 Å². The van der Waals surface area contributed by atoms with Gasteiger partial charge in [-0.15, -0.1) is 0 Å². The molecule has 1 aliphatic heterocycles. The van der Waals surface area contributed by atoms with Gasteiger partial charge < -0.3 is 10.2 Å². The van der Waals surface area contributed by atoms with E-state index in [0.29, 0.717) is 5.56 Å². The molecule has 0 atom stereocenters. The number of anilines is 3. The first kappa shape index (κ1) is 18.9. The average Bonchev–Trinajstić information content (AvgIpc) is 2.75. The fourth-order valence-electron chi connectivity index (χ4n) is 3.53. The van der Waals surface area contributed by atoms with Gasteiger partial charge in [-0.1, -0.05) is 30.3 Å². The van der Waals surface area contributed by atoms with Gasteiger partial charge in [0.05, 0.1) is 11.6 Å². The Morgan fingerprint density at radius 1 is 0.966 bits per heavy atom. The van der Waals surface area contributed by atoms with E-state index in [1.165, 1.54) is 5.56 Å². The maximum Gasteiger partial charge on any atom is 0.136 e. The lowest BCUT2D eigenvalue weighted by Gasteiger charge is -2.35. The first-order valence-corrected chi connectivity index (χ1v) is 9.84. The van der Waals surface area contributed by atoms with Crippen molar-refractivity contribution in [3.63, 3.8) is 0 Å². The van der Waals surface area contributed by atoms with Crippen LogP contribution < -0.4 is 10.2 Å². The Labute approximate surface area is 171 Å². The number of rotatable bonds is 5. The predicted molar refractivity (Wildman–Crippen MR) is 115 cm³/mol. The number of aryl methyl sites for hydroxylation is 1. The van der Waals surface area contributed by atoms with E-state index in [0.717, 1.165) is 55.9 Å². The highest BCUT2D eigenvalue weighted by Crippen LogP contribution is 2.21. The fourth-order valence-corrected chi connectivity index (χ4v) is 3.53. The largest absolute Gasteiger partial charge is 0.354 e. The SMILES string of the molecule is Cc1nc(Nc2ccc(C#N)cc2)cc(N2CCN(Cc3ccccc3)CC2)n1. The Bertz CT molecular complexity index is 986. The Kier molecular flexibility index (Phi) is 5.68. The van der Waals surface area contributed by atoms with Crippen LogP contribution in [0.4, 0.5) is 17.3 Å². The second kappa shape index (κ2) is 8.72. The third kappa shape index (κ3) is 4.89. The molecule has 1 N–H and O–H groups in total. The van der Waals surface area contributed by atoms with Gasteiger partial charge in [0.1, 0.15) is 17.5 Å². The monoisotopic (exact) mass is 384 g/mol. The molecule has 1 fully saturated rings. The van der Waals surface area contributed by atoms with E-state index < -0.39 is 0 Å². The summed E-state index contributed by atoms with van der Waals surface area (Å²) in [6.45, 7) is 6.81. The molecule has 0 amide bonds. The normalized spacial score (nSPS) is 14.4. The zero-order valence-corrected chi connectivity index (χ0v) is 16.5. The van der Waals surface area contributed by atoms with Gasteiger partial charge in [-0.05, 0) is 36.8 Å². The van der Waals surface area contributed by atoms with Gasteiger partial charge in [0.15, 0.2) is 0 Å². The van der Waals surface area contributed by atoms with Crippen LogP contribution in [0.2, 0.25) is 0 Å². The smallest absolute Gasteiger partial charge is 0.136 e. The summed E-state index contributed by atoms with van der Waals surface area (Å²) >= 11 is 0. The maximum atomic E-state index is 8.94. The molecule has 0 aliphatic carbocycles. The molecule has 0 spiro atoms. The fraction of sp³-hybridized carbons (Fsp3) is 0.261. The molecule has 6 nitrogen and oxygen atoms in total. The van der Waals surface area contributed by atoms with Crippen molar-refractivity contribution in [2.75, 3.05) is 36.4 Å². The van der Waals surface area contributed by atoms with Gasteiger partial charge in [-0.2, -0.15) is 5.26 Å². The molecule has 146 valence electrons. The summed E-state index contributed by atoms with van der Waals surface area (Å²) in [6.07, 6.45) is 0. The van der Waals surface area contributed by atoms with Crippen LogP contribution in [0.25, 0.3) is 0 Å². The van der Waals surface area contributed by atoms with Crippen molar-refractivity contribution in [1.29, 1.82) is 5.26 Å². The van der Waals surface area contributed by atoms with Crippen molar-refractivity contribution in [3.8, 4) is 6.07 Å². The number of nitrogens with one attached hydrogen (secondary N) is 1. The predicted octanol–water partition coefficient (Wildman–Crippen LogP) is 3.72. The quantitative estimate of drug-likeness (QED) is 0.723. The molecule has 1 aromatic heterocycles. The number of aromatic nitrogens is 2. The average molecular weight is 384 g/mol. The Morgan fingerprint density at radius 2 is 1.69 bits per heavy atom. The molecular weight excluding hydrogens is 360 g/mol. The number of benzene rings is 2. The summed E-state index contributed by atoms with van der Waals surface area (Å²) in [6, 6.07) is 22.1. The maximum absolute atomic E-state index is 8.94. The summed E-state index contributed by atoms with van der Waals surface area (Å²) in [5.74, 6) is 2.46. The molecular formula is C23H24N6. The Morgan fingerprint density at radius 3 is 2.38 bits per heavy atom. The minimum absolute atomic E-state index is 0.642. The number of hydrogen-bond donors (Lipinski definition) is 1. The highest BCUT2D eigenvalue weighted by Gasteiger charge is 2.19. The van der Waals surface area contributed by atoms with Gasteiger partial charge in [-0.25, -0.2) is 9.97 Å². The van der Waals surface area contributed by atoms with Crippen LogP contribution in [0.1, 0.15) is 17.0 Å². The van der Waals surface area contributed by atoms with Crippen molar-refractivity contribution in [2.45, 2.75) is 13.5 Å². The lowest BCUT2D eigenvalue weighted by atomic mass is 10.2. The van der Waals surface area contributed by atoms with Crippen molar-refractivity contribution in [3.05, 3.63) is 77.6 Å². The zero-order valence-electron chi connectivity index (χ0n) is 16.5. The lowest BCUT2D eigenvalue weighted by molar-refractivity contribution is 0.249. The summed E-state index contributed by atoms with van der Waals surface area (Å²) in [4.78, 5) is 14.0. The van der Waals surface area contributed by atoms with Crippen LogP contribution in [0.15, 0.2) is 60.7 Å².